The zero-order valence-electron chi connectivity index (χ0n) is 20.0. The van der Waals surface area contributed by atoms with Gasteiger partial charge >= 0.3 is 12.1 Å². The first-order valence-electron chi connectivity index (χ1n) is 12.1. The van der Waals surface area contributed by atoms with Gasteiger partial charge < -0.3 is 20.1 Å². The normalized spacial score (nSPS) is 16.1. The summed E-state index contributed by atoms with van der Waals surface area (Å²) in [5, 5.41) is 12.2. The van der Waals surface area contributed by atoms with Crippen molar-refractivity contribution in [1.29, 1.82) is 0 Å². The number of benzene rings is 2. The number of nitrogens with one attached hydrogen (secondary N) is 1. The minimum Gasteiger partial charge on any atom is -0.480 e. The molecule has 2 aromatic rings. The molecule has 0 bridgehead atoms. The lowest BCUT2D eigenvalue weighted by Crippen LogP contribution is -2.54. The van der Waals surface area contributed by atoms with Crippen LogP contribution in [0.15, 0.2) is 48.5 Å². The molecule has 186 valence electrons. The molecule has 2 amide bonds. The highest BCUT2D eigenvalue weighted by molar-refractivity contribution is 7.99. The first-order valence-corrected chi connectivity index (χ1v) is 13.3. The fourth-order valence-corrected chi connectivity index (χ4v) is 6.36. The van der Waals surface area contributed by atoms with E-state index in [1.165, 1.54) is 4.90 Å². The number of amides is 2. The molecule has 1 saturated heterocycles. The van der Waals surface area contributed by atoms with Gasteiger partial charge in [-0.05, 0) is 53.0 Å². The van der Waals surface area contributed by atoms with Crippen LogP contribution in [0.1, 0.15) is 49.7 Å². The van der Waals surface area contributed by atoms with Gasteiger partial charge in [0.2, 0.25) is 5.91 Å². The maximum Gasteiger partial charge on any atom is 0.407 e. The van der Waals surface area contributed by atoms with Crippen molar-refractivity contribution in [3.05, 3.63) is 59.7 Å². The molecule has 1 fully saturated rings. The summed E-state index contributed by atoms with van der Waals surface area (Å²) in [5.41, 5.74) is 3.89. The molecule has 0 radical (unpaired) electrons. The zero-order chi connectivity index (χ0) is 24.8. The molecule has 0 aromatic heterocycles. The number of rotatable bonds is 9. The van der Waals surface area contributed by atoms with Crippen molar-refractivity contribution in [3.63, 3.8) is 0 Å². The summed E-state index contributed by atoms with van der Waals surface area (Å²) in [7, 11) is 0. The highest BCUT2D eigenvalue weighted by Gasteiger charge is 2.38. The number of ether oxygens (including phenoxy) is 1. The van der Waals surface area contributed by atoms with Crippen molar-refractivity contribution in [2.24, 2.45) is 0 Å². The Labute approximate surface area is 210 Å². The number of thioether (sulfide) groups is 1. The topological polar surface area (TPSA) is 95.9 Å². The van der Waals surface area contributed by atoms with Gasteiger partial charge in [-0.1, -0.05) is 55.5 Å². The summed E-state index contributed by atoms with van der Waals surface area (Å²) >= 11 is 1.79. The molecule has 0 saturated carbocycles. The number of carbonyl (C=O) groups is 3. The van der Waals surface area contributed by atoms with E-state index in [9.17, 15) is 19.5 Å². The fourth-order valence-electron chi connectivity index (χ4n) is 5.09. The van der Waals surface area contributed by atoms with Crippen molar-refractivity contribution in [2.75, 3.05) is 31.2 Å². The van der Waals surface area contributed by atoms with Gasteiger partial charge in [0.25, 0.3) is 0 Å². The lowest BCUT2D eigenvalue weighted by Gasteiger charge is -2.38. The Balaban J connectivity index is 1.44. The van der Waals surface area contributed by atoms with Crippen LogP contribution in [-0.4, -0.2) is 64.7 Å². The SMILES string of the molecule is CCCN(CC(=O)O)C(=O)CC1(NC(=O)OCC2c3ccccc3-c3ccccc32)CCSCC1. The Morgan fingerprint density at radius 3 is 2.23 bits per heavy atom. The van der Waals surface area contributed by atoms with Gasteiger partial charge in [-0.3, -0.25) is 9.59 Å². The van der Waals surface area contributed by atoms with Gasteiger partial charge in [-0.2, -0.15) is 11.8 Å². The number of aliphatic carboxylic acids is 1. The monoisotopic (exact) mass is 496 g/mol. The summed E-state index contributed by atoms with van der Waals surface area (Å²) in [6.45, 7) is 2.16. The van der Waals surface area contributed by atoms with Crippen LogP contribution < -0.4 is 5.32 Å². The Bertz CT molecular complexity index is 1040. The Morgan fingerprint density at radius 1 is 1.06 bits per heavy atom. The molecule has 1 aliphatic carbocycles. The summed E-state index contributed by atoms with van der Waals surface area (Å²) in [4.78, 5) is 38.6. The second-order valence-corrected chi connectivity index (χ2v) is 10.5. The highest BCUT2D eigenvalue weighted by atomic mass is 32.2. The predicted octanol–water partition coefficient (Wildman–Crippen LogP) is 4.50. The van der Waals surface area contributed by atoms with Crippen molar-refractivity contribution < 1.29 is 24.2 Å². The summed E-state index contributed by atoms with van der Waals surface area (Å²) in [6, 6.07) is 16.4. The molecule has 2 aliphatic rings. The maximum absolute atomic E-state index is 13.0. The van der Waals surface area contributed by atoms with Gasteiger partial charge in [-0.15, -0.1) is 0 Å². The minimum atomic E-state index is -1.04. The predicted molar refractivity (Wildman–Crippen MR) is 137 cm³/mol. The average Bonchev–Trinajstić information content (AvgIpc) is 3.16. The van der Waals surface area contributed by atoms with Crippen LogP contribution in [0.4, 0.5) is 4.79 Å². The minimum absolute atomic E-state index is 0.0387. The second kappa shape index (κ2) is 11.2. The largest absolute Gasteiger partial charge is 0.480 e. The third kappa shape index (κ3) is 5.81. The van der Waals surface area contributed by atoms with E-state index in [1.807, 2.05) is 31.2 Å². The molecule has 0 spiro atoms. The summed E-state index contributed by atoms with van der Waals surface area (Å²) < 4.78 is 5.75. The van der Waals surface area contributed by atoms with Crippen molar-refractivity contribution in [1.82, 2.24) is 10.2 Å². The van der Waals surface area contributed by atoms with E-state index in [0.29, 0.717) is 25.8 Å². The molecule has 2 aromatic carbocycles. The lowest BCUT2D eigenvalue weighted by molar-refractivity contribution is -0.145. The molecule has 7 nitrogen and oxygen atoms in total. The molecule has 8 heteroatoms. The van der Waals surface area contributed by atoms with Gasteiger partial charge in [-0.25, -0.2) is 4.79 Å². The van der Waals surface area contributed by atoms with Crippen LogP contribution in [0.25, 0.3) is 11.1 Å². The van der Waals surface area contributed by atoms with Crippen molar-refractivity contribution >= 4 is 29.7 Å². The molecular weight excluding hydrogens is 464 g/mol. The number of carboxylic acids is 1. The number of nitrogens with zero attached hydrogens (tertiary/aromatic N) is 1. The van der Waals surface area contributed by atoms with Crippen LogP contribution in [-0.2, 0) is 14.3 Å². The quantitative estimate of drug-likeness (QED) is 0.531. The lowest BCUT2D eigenvalue weighted by atomic mass is 9.88. The fraction of sp³-hybridized carbons (Fsp3) is 0.444. The van der Waals surface area contributed by atoms with E-state index in [1.54, 1.807) is 11.8 Å². The van der Waals surface area contributed by atoms with Gasteiger partial charge in [0.1, 0.15) is 13.2 Å². The number of alkyl carbamates (subject to hydrolysis) is 1. The highest BCUT2D eigenvalue weighted by Crippen LogP contribution is 2.44. The number of carboxylic acid groups (broad SMARTS) is 1. The van der Waals surface area contributed by atoms with Crippen LogP contribution in [0, 0.1) is 0 Å². The van der Waals surface area contributed by atoms with Crippen LogP contribution >= 0.6 is 11.8 Å². The molecule has 1 heterocycles. The van der Waals surface area contributed by atoms with Gasteiger partial charge in [0.05, 0.1) is 12.0 Å². The number of carbonyl (C=O) groups excluding carboxylic acids is 2. The van der Waals surface area contributed by atoms with E-state index >= 15 is 0 Å². The number of fused-ring (bicyclic) bond motifs is 3. The van der Waals surface area contributed by atoms with Crippen LogP contribution in [0.5, 0.6) is 0 Å². The van der Waals surface area contributed by atoms with Crippen LogP contribution in [0.3, 0.4) is 0 Å². The van der Waals surface area contributed by atoms with E-state index in [2.05, 4.69) is 29.6 Å². The zero-order valence-corrected chi connectivity index (χ0v) is 20.8. The third-order valence-electron chi connectivity index (χ3n) is 6.82. The Kier molecular flexibility index (Phi) is 8.00. The average molecular weight is 497 g/mol. The first kappa shape index (κ1) is 25.1. The molecule has 2 N–H and O–H groups in total. The van der Waals surface area contributed by atoms with Gasteiger partial charge in [0.15, 0.2) is 0 Å². The van der Waals surface area contributed by atoms with E-state index in [-0.39, 0.29) is 31.4 Å². The van der Waals surface area contributed by atoms with E-state index in [4.69, 9.17) is 4.74 Å². The van der Waals surface area contributed by atoms with E-state index < -0.39 is 17.6 Å². The van der Waals surface area contributed by atoms with Crippen molar-refractivity contribution in [2.45, 2.75) is 44.1 Å². The van der Waals surface area contributed by atoms with Crippen molar-refractivity contribution in [3.8, 4) is 11.1 Å². The number of hydrogen-bond acceptors (Lipinski definition) is 5. The summed E-state index contributed by atoms with van der Waals surface area (Å²) in [5.74, 6) is 0.320. The molecule has 0 unspecified atom stereocenters. The summed E-state index contributed by atoms with van der Waals surface area (Å²) in [6.07, 6.45) is 1.49. The molecule has 0 atom stereocenters. The Morgan fingerprint density at radius 2 is 1.66 bits per heavy atom. The smallest absolute Gasteiger partial charge is 0.407 e. The standard InChI is InChI=1S/C27H32N2O5S/c1-2-13-29(17-25(31)32)24(30)16-27(11-14-35-15-12-27)28-26(33)34-18-23-21-9-5-3-7-19(21)20-8-4-6-10-22(20)23/h3-10,23H,2,11-18H2,1H3,(H,28,33)(H,31,32). The maximum atomic E-state index is 13.0. The molecule has 1 aliphatic heterocycles. The third-order valence-corrected chi connectivity index (χ3v) is 7.81. The molecular formula is C27H32N2O5S. The molecule has 35 heavy (non-hydrogen) atoms. The van der Waals surface area contributed by atoms with Crippen LogP contribution in [0.2, 0.25) is 0 Å². The molecule has 4 rings (SSSR count). The van der Waals surface area contributed by atoms with Gasteiger partial charge in [0, 0.05) is 12.5 Å². The number of hydrogen-bond donors (Lipinski definition) is 2. The first-order chi connectivity index (χ1) is 16.9. The second-order valence-electron chi connectivity index (χ2n) is 9.23. The van der Waals surface area contributed by atoms with E-state index in [0.717, 1.165) is 33.8 Å². The Hall–Kier alpha value is -3.00.